The molecule has 0 spiro atoms. The number of carbonyl (C=O) groups is 4. The fraction of sp³-hybridized carbons (Fsp3) is 0.538. The second-order valence-electron chi connectivity index (χ2n) is 10.7. The summed E-state index contributed by atoms with van der Waals surface area (Å²) in [5.41, 5.74) is -0.441. The average molecular weight is 501 g/mol. The maximum absolute atomic E-state index is 13.7. The van der Waals surface area contributed by atoms with E-state index in [2.05, 4.69) is 15.6 Å². The van der Waals surface area contributed by atoms with Crippen LogP contribution in [-0.4, -0.2) is 68.6 Å². The van der Waals surface area contributed by atoms with Crippen LogP contribution in [0.2, 0.25) is 0 Å². The van der Waals surface area contributed by atoms with E-state index in [1.165, 1.54) is 18.7 Å². The van der Waals surface area contributed by atoms with Gasteiger partial charge in [0, 0.05) is 30.1 Å². The molecule has 3 rings (SSSR count). The molecule has 1 aromatic carbocycles. The number of ether oxygens (including phenoxy) is 1. The Hall–Kier alpha value is -3.56. The van der Waals surface area contributed by atoms with E-state index in [0.717, 1.165) is 16.5 Å². The number of aliphatic carboxylic acids is 1. The zero-order valence-corrected chi connectivity index (χ0v) is 21.5. The number of piperidine rings is 1. The number of carboxylic acid groups (broad SMARTS) is 1. The first-order valence-electron chi connectivity index (χ1n) is 12.2. The van der Waals surface area contributed by atoms with E-state index >= 15 is 0 Å². The number of alkyl carbamates (subject to hydrolysis) is 1. The second kappa shape index (κ2) is 10.6. The average Bonchev–Trinajstić information content (AvgIpc) is 3.19. The standard InChI is InChI=1S/C26H36N4O6/c1-25(2,3)36-24(35)29-26(4,5)23(34)28-19(14-16-15-27-18-11-7-6-10-17(16)18)21(31)30-13-9-8-12-20(30)22(32)33/h6-7,10-11,15,19-20,27H,8-9,12-14H2,1-5H3,(H,28,34)(H,29,35)(H,32,33)/t19-,20?/m1/s1. The number of aromatic nitrogens is 1. The highest BCUT2D eigenvalue weighted by molar-refractivity contribution is 5.95. The number of H-pyrrole nitrogens is 1. The maximum atomic E-state index is 13.7. The number of aromatic amines is 1. The molecule has 2 heterocycles. The van der Waals surface area contributed by atoms with Crippen LogP contribution in [0.3, 0.4) is 0 Å². The van der Waals surface area contributed by atoms with Crippen molar-refractivity contribution in [2.45, 2.75) is 83.5 Å². The number of likely N-dealkylation sites (tertiary alicyclic amines) is 1. The van der Waals surface area contributed by atoms with E-state index in [-0.39, 0.29) is 6.42 Å². The lowest BCUT2D eigenvalue weighted by atomic mass is 9.97. The van der Waals surface area contributed by atoms with Crippen LogP contribution in [0.5, 0.6) is 0 Å². The van der Waals surface area contributed by atoms with Crippen molar-refractivity contribution in [3.8, 4) is 0 Å². The summed E-state index contributed by atoms with van der Waals surface area (Å²) in [5, 5.41) is 15.9. The number of carbonyl (C=O) groups excluding carboxylic acids is 3. The quantitative estimate of drug-likeness (QED) is 0.461. The molecule has 1 aliphatic rings. The maximum Gasteiger partial charge on any atom is 0.408 e. The predicted molar refractivity (Wildman–Crippen MR) is 134 cm³/mol. The molecule has 1 aliphatic heterocycles. The molecule has 1 aromatic heterocycles. The number of benzene rings is 1. The van der Waals surface area contributed by atoms with Gasteiger partial charge in [0.2, 0.25) is 11.8 Å². The number of nitrogens with zero attached hydrogens (tertiary/aromatic N) is 1. The monoisotopic (exact) mass is 500 g/mol. The second-order valence-corrected chi connectivity index (χ2v) is 10.7. The zero-order chi connectivity index (χ0) is 26.7. The lowest BCUT2D eigenvalue weighted by Gasteiger charge is -2.36. The third kappa shape index (κ3) is 6.56. The van der Waals surface area contributed by atoms with Gasteiger partial charge in [-0.25, -0.2) is 9.59 Å². The number of amides is 3. The first-order valence-corrected chi connectivity index (χ1v) is 12.2. The first kappa shape index (κ1) is 27.0. The van der Waals surface area contributed by atoms with Gasteiger partial charge in [0.15, 0.2) is 0 Å². The number of hydrogen-bond acceptors (Lipinski definition) is 5. The summed E-state index contributed by atoms with van der Waals surface area (Å²) in [7, 11) is 0. The number of carboxylic acids is 1. The van der Waals surface area contributed by atoms with Gasteiger partial charge in [0.05, 0.1) is 0 Å². The minimum Gasteiger partial charge on any atom is -0.480 e. The van der Waals surface area contributed by atoms with Crippen LogP contribution in [0.1, 0.15) is 59.4 Å². The van der Waals surface area contributed by atoms with Gasteiger partial charge in [-0.2, -0.15) is 0 Å². The Balaban J connectivity index is 1.86. The molecule has 1 unspecified atom stereocenters. The molecule has 2 atom stereocenters. The molecular weight excluding hydrogens is 464 g/mol. The molecule has 0 radical (unpaired) electrons. The molecule has 2 aromatic rings. The zero-order valence-electron chi connectivity index (χ0n) is 21.5. The van der Waals surface area contributed by atoms with Crippen molar-refractivity contribution in [3.63, 3.8) is 0 Å². The molecule has 10 nitrogen and oxygen atoms in total. The minimum absolute atomic E-state index is 0.153. The van der Waals surface area contributed by atoms with Crippen molar-refractivity contribution in [2.24, 2.45) is 0 Å². The lowest BCUT2D eigenvalue weighted by molar-refractivity contribution is -0.153. The summed E-state index contributed by atoms with van der Waals surface area (Å²) < 4.78 is 5.27. The fourth-order valence-electron chi connectivity index (χ4n) is 4.33. The Morgan fingerprint density at radius 2 is 1.83 bits per heavy atom. The van der Waals surface area contributed by atoms with Gasteiger partial charge in [-0.15, -0.1) is 0 Å². The van der Waals surface area contributed by atoms with Crippen molar-refractivity contribution in [1.29, 1.82) is 0 Å². The molecule has 0 aliphatic carbocycles. The van der Waals surface area contributed by atoms with E-state index in [0.29, 0.717) is 25.8 Å². The molecule has 196 valence electrons. The van der Waals surface area contributed by atoms with Gasteiger partial charge in [-0.1, -0.05) is 18.2 Å². The van der Waals surface area contributed by atoms with E-state index in [1.807, 2.05) is 24.3 Å². The Bertz CT molecular complexity index is 1130. The van der Waals surface area contributed by atoms with Gasteiger partial charge in [-0.3, -0.25) is 9.59 Å². The van der Waals surface area contributed by atoms with Crippen LogP contribution in [0.25, 0.3) is 10.9 Å². The summed E-state index contributed by atoms with van der Waals surface area (Å²) in [5.74, 6) is -2.11. The van der Waals surface area contributed by atoms with E-state index in [9.17, 15) is 24.3 Å². The number of hydrogen-bond donors (Lipinski definition) is 4. The molecular formula is C26H36N4O6. The van der Waals surface area contributed by atoms with Crippen LogP contribution in [0.4, 0.5) is 4.79 Å². The Morgan fingerprint density at radius 1 is 1.14 bits per heavy atom. The molecule has 36 heavy (non-hydrogen) atoms. The SMILES string of the molecule is CC(C)(C)OC(=O)NC(C)(C)C(=O)N[C@H](Cc1c[nH]c2ccccc12)C(=O)N1CCCCC1C(=O)O. The smallest absolute Gasteiger partial charge is 0.408 e. The van der Waals surface area contributed by atoms with Crippen molar-refractivity contribution in [1.82, 2.24) is 20.5 Å². The molecule has 10 heteroatoms. The molecule has 0 bridgehead atoms. The van der Waals surface area contributed by atoms with E-state index < -0.39 is 47.1 Å². The lowest BCUT2D eigenvalue weighted by Crippen LogP contribution is -2.61. The van der Waals surface area contributed by atoms with Gasteiger partial charge in [0.1, 0.15) is 23.2 Å². The Labute approximate surface area is 210 Å². The molecule has 1 fully saturated rings. The van der Waals surface area contributed by atoms with E-state index in [1.54, 1.807) is 27.0 Å². The van der Waals surface area contributed by atoms with Crippen LogP contribution >= 0.6 is 0 Å². The summed E-state index contributed by atoms with van der Waals surface area (Å²) in [6.07, 6.45) is 2.94. The third-order valence-electron chi connectivity index (χ3n) is 6.15. The van der Waals surface area contributed by atoms with Crippen LogP contribution in [-0.2, 0) is 25.5 Å². The Morgan fingerprint density at radius 3 is 2.50 bits per heavy atom. The molecule has 1 saturated heterocycles. The Kier molecular flexibility index (Phi) is 7.96. The van der Waals surface area contributed by atoms with Crippen molar-refractivity contribution < 1.29 is 29.0 Å². The highest BCUT2D eigenvalue weighted by atomic mass is 16.6. The number of para-hydroxylation sites is 1. The van der Waals surface area contributed by atoms with Gasteiger partial charge in [-0.05, 0) is 65.5 Å². The largest absolute Gasteiger partial charge is 0.480 e. The number of rotatable bonds is 7. The fourth-order valence-corrected chi connectivity index (χ4v) is 4.33. The topological polar surface area (TPSA) is 141 Å². The van der Waals surface area contributed by atoms with Crippen LogP contribution in [0, 0.1) is 0 Å². The third-order valence-corrected chi connectivity index (χ3v) is 6.15. The van der Waals surface area contributed by atoms with E-state index in [4.69, 9.17) is 4.74 Å². The summed E-state index contributed by atoms with van der Waals surface area (Å²) >= 11 is 0. The van der Waals surface area contributed by atoms with Crippen molar-refractivity contribution in [2.75, 3.05) is 6.54 Å². The van der Waals surface area contributed by atoms with Crippen molar-refractivity contribution >= 4 is 34.8 Å². The van der Waals surface area contributed by atoms with Crippen molar-refractivity contribution in [3.05, 3.63) is 36.0 Å². The summed E-state index contributed by atoms with van der Waals surface area (Å²) in [4.78, 5) is 55.6. The molecule has 0 saturated carbocycles. The van der Waals surface area contributed by atoms with Gasteiger partial charge >= 0.3 is 12.1 Å². The van der Waals surface area contributed by atoms with Gasteiger partial charge < -0.3 is 30.4 Å². The predicted octanol–water partition coefficient (Wildman–Crippen LogP) is 2.96. The number of fused-ring (bicyclic) bond motifs is 1. The normalized spacial score (nSPS) is 17.4. The highest BCUT2D eigenvalue weighted by Crippen LogP contribution is 2.23. The van der Waals surface area contributed by atoms with Crippen LogP contribution in [0.15, 0.2) is 30.5 Å². The highest BCUT2D eigenvalue weighted by Gasteiger charge is 2.39. The molecule has 4 N–H and O–H groups in total. The number of nitrogens with one attached hydrogen (secondary N) is 3. The minimum atomic E-state index is -1.39. The molecule has 3 amide bonds. The summed E-state index contributed by atoms with van der Waals surface area (Å²) in [6, 6.07) is 5.63. The first-order chi connectivity index (χ1) is 16.8. The van der Waals surface area contributed by atoms with Gasteiger partial charge in [0.25, 0.3) is 0 Å². The summed E-state index contributed by atoms with van der Waals surface area (Å²) in [6.45, 7) is 8.48. The van der Waals surface area contributed by atoms with Crippen LogP contribution < -0.4 is 10.6 Å².